The average molecular weight is 474 g/mol. The summed E-state index contributed by atoms with van der Waals surface area (Å²) < 4.78 is 27.0. The molecule has 32 heavy (non-hydrogen) atoms. The highest BCUT2D eigenvalue weighted by molar-refractivity contribution is 7.90. The third-order valence-electron chi connectivity index (χ3n) is 6.28. The minimum atomic E-state index is -1.17. The zero-order valence-electron chi connectivity index (χ0n) is 19.0. The molecular weight excluding hydrogens is 445 g/mol. The summed E-state index contributed by atoms with van der Waals surface area (Å²) in [6.07, 6.45) is 5.62. The van der Waals surface area contributed by atoms with Crippen molar-refractivity contribution in [1.82, 2.24) is 9.88 Å². The minimum absolute atomic E-state index is 0.322. The number of anilines is 1. The number of aromatic nitrogens is 1. The number of piperidine rings is 1. The van der Waals surface area contributed by atoms with E-state index in [0.717, 1.165) is 65.1 Å². The van der Waals surface area contributed by atoms with Crippen molar-refractivity contribution in [2.75, 3.05) is 44.9 Å². The van der Waals surface area contributed by atoms with Crippen molar-refractivity contribution in [2.24, 2.45) is 5.92 Å². The first-order valence-corrected chi connectivity index (χ1v) is 12.8. The Bertz CT molecular complexity index is 1110. The van der Waals surface area contributed by atoms with Crippen LogP contribution in [-0.4, -0.2) is 54.4 Å². The Kier molecular flexibility index (Phi) is 6.96. The Labute approximate surface area is 197 Å². The zero-order chi connectivity index (χ0) is 23.0. The Morgan fingerprint density at radius 2 is 1.91 bits per heavy atom. The van der Waals surface area contributed by atoms with Crippen molar-refractivity contribution in [3.05, 3.63) is 52.9 Å². The van der Waals surface area contributed by atoms with Gasteiger partial charge < -0.3 is 14.4 Å². The maximum absolute atomic E-state index is 14.4. The van der Waals surface area contributed by atoms with E-state index in [1.165, 1.54) is 6.07 Å². The average Bonchev–Trinajstić information content (AvgIpc) is 2.76. The predicted molar refractivity (Wildman–Crippen MR) is 133 cm³/mol. The van der Waals surface area contributed by atoms with Gasteiger partial charge in [-0.05, 0) is 86.3 Å². The van der Waals surface area contributed by atoms with Crippen molar-refractivity contribution >= 4 is 39.4 Å². The molecule has 7 heteroatoms. The Morgan fingerprint density at radius 1 is 1.19 bits per heavy atom. The van der Waals surface area contributed by atoms with E-state index in [1.54, 1.807) is 25.4 Å². The van der Waals surface area contributed by atoms with Crippen LogP contribution in [0.25, 0.3) is 22.0 Å². The monoisotopic (exact) mass is 473 g/mol. The molecule has 1 aromatic heterocycles. The molecule has 2 aromatic carbocycles. The molecule has 3 aromatic rings. The summed E-state index contributed by atoms with van der Waals surface area (Å²) in [7, 11) is 4.23. The number of hydrogen-bond donors (Lipinski definition) is 0. The maximum Gasteiger partial charge on any atom is 0.194 e. The molecule has 1 aliphatic heterocycles. The van der Waals surface area contributed by atoms with Gasteiger partial charge in [-0.3, -0.25) is 4.98 Å². The fourth-order valence-corrected chi connectivity index (χ4v) is 5.46. The van der Waals surface area contributed by atoms with Gasteiger partial charge >= 0.3 is 0 Å². The number of fused-ring (bicyclic) bond motifs is 1. The summed E-state index contributed by atoms with van der Waals surface area (Å²) in [6.45, 7) is 4.59. The lowest BCUT2D eigenvalue weighted by molar-refractivity contribution is 0.285. The Balaban J connectivity index is 1.78. The molecule has 0 spiro atoms. The minimum Gasteiger partial charge on any atom is -0.612 e. The molecule has 0 amide bonds. The van der Waals surface area contributed by atoms with Crippen LogP contribution in [0.1, 0.15) is 18.4 Å². The Morgan fingerprint density at radius 3 is 2.53 bits per heavy atom. The van der Waals surface area contributed by atoms with Gasteiger partial charge in [0.15, 0.2) is 4.90 Å². The van der Waals surface area contributed by atoms with Gasteiger partial charge in [-0.1, -0.05) is 17.7 Å². The van der Waals surface area contributed by atoms with Crippen LogP contribution in [0.3, 0.4) is 0 Å². The molecule has 1 aliphatic rings. The van der Waals surface area contributed by atoms with Crippen molar-refractivity contribution in [3.8, 4) is 11.1 Å². The smallest absolute Gasteiger partial charge is 0.194 e. The number of benzene rings is 2. The second kappa shape index (κ2) is 9.56. The molecule has 1 fully saturated rings. The van der Waals surface area contributed by atoms with E-state index in [0.29, 0.717) is 16.5 Å². The summed E-state index contributed by atoms with van der Waals surface area (Å²) in [5.41, 5.74) is 3.86. The van der Waals surface area contributed by atoms with Gasteiger partial charge in [-0.25, -0.2) is 4.39 Å². The van der Waals surface area contributed by atoms with Crippen molar-refractivity contribution in [2.45, 2.75) is 24.7 Å². The molecule has 1 unspecified atom stereocenters. The number of hydrogen-bond acceptors (Lipinski definition) is 4. The van der Waals surface area contributed by atoms with Crippen LogP contribution in [0.4, 0.5) is 10.1 Å². The van der Waals surface area contributed by atoms with Crippen LogP contribution in [-0.2, 0) is 11.2 Å². The van der Waals surface area contributed by atoms with Gasteiger partial charge in [0, 0.05) is 35.6 Å². The quantitative estimate of drug-likeness (QED) is 0.458. The molecule has 0 radical (unpaired) electrons. The van der Waals surface area contributed by atoms with E-state index in [2.05, 4.69) is 28.9 Å². The molecule has 0 N–H and O–H groups in total. The summed E-state index contributed by atoms with van der Waals surface area (Å²) in [5.74, 6) is 0.343. The predicted octanol–water partition coefficient (Wildman–Crippen LogP) is 5.52. The van der Waals surface area contributed by atoms with E-state index in [-0.39, 0.29) is 5.82 Å². The molecule has 4 nitrogen and oxygen atoms in total. The summed E-state index contributed by atoms with van der Waals surface area (Å²) in [5, 5.41) is 1.35. The van der Waals surface area contributed by atoms with E-state index in [4.69, 9.17) is 11.6 Å². The highest BCUT2D eigenvalue weighted by Crippen LogP contribution is 2.38. The lowest BCUT2D eigenvalue weighted by Gasteiger charge is -2.35. The van der Waals surface area contributed by atoms with Crippen LogP contribution < -0.4 is 4.90 Å². The maximum atomic E-state index is 14.4. The van der Waals surface area contributed by atoms with Gasteiger partial charge in [-0.2, -0.15) is 0 Å². The van der Waals surface area contributed by atoms with E-state index < -0.39 is 11.2 Å². The number of pyridine rings is 1. The highest BCUT2D eigenvalue weighted by Gasteiger charge is 2.27. The lowest BCUT2D eigenvalue weighted by Crippen LogP contribution is -2.37. The van der Waals surface area contributed by atoms with Gasteiger partial charge in [0.2, 0.25) is 0 Å². The Hall–Kier alpha value is -1.86. The first-order valence-electron chi connectivity index (χ1n) is 10.9. The standard InChI is InChI=1S/C25H29ClFN3OS/c1-16-21(26)12-19(13-22(16)27)18-5-6-23-20(11-18)25(24(14-28-23)32(4)31)30-9-7-17(8-10-30)15-29(2)3/h5-6,11-14,17H,7-10,15H2,1-4H3. The van der Waals surface area contributed by atoms with Crippen molar-refractivity contribution in [1.29, 1.82) is 0 Å². The molecule has 0 saturated carbocycles. The fraction of sp³-hybridized carbons (Fsp3) is 0.400. The largest absolute Gasteiger partial charge is 0.612 e. The molecule has 1 atom stereocenters. The van der Waals surface area contributed by atoms with E-state index in [1.807, 2.05) is 18.2 Å². The van der Waals surface area contributed by atoms with Gasteiger partial charge in [0.25, 0.3) is 0 Å². The summed E-state index contributed by atoms with van der Waals surface area (Å²) >= 11 is 5.08. The van der Waals surface area contributed by atoms with Gasteiger partial charge in [0.05, 0.1) is 11.7 Å². The van der Waals surface area contributed by atoms with Crippen LogP contribution in [0.5, 0.6) is 0 Å². The molecule has 4 rings (SSSR count). The summed E-state index contributed by atoms with van der Waals surface area (Å²) in [6, 6.07) is 9.22. The van der Waals surface area contributed by atoms with Crippen LogP contribution in [0, 0.1) is 18.7 Å². The topological polar surface area (TPSA) is 42.4 Å². The van der Waals surface area contributed by atoms with Gasteiger partial charge in [0.1, 0.15) is 17.8 Å². The highest BCUT2D eigenvalue weighted by atomic mass is 35.5. The van der Waals surface area contributed by atoms with Crippen LogP contribution in [0.2, 0.25) is 5.02 Å². The molecule has 2 heterocycles. The normalized spacial score (nSPS) is 16.2. The van der Waals surface area contributed by atoms with Crippen molar-refractivity contribution < 1.29 is 8.94 Å². The zero-order valence-corrected chi connectivity index (χ0v) is 20.6. The second-order valence-electron chi connectivity index (χ2n) is 8.91. The van der Waals surface area contributed by atoms with Crippen LogP contribution >= 0.6 is 11.6 Å². The molecule has 0 aliphatic carbocycles. The fourth-order valence-electron chi connectivity index (χ4n) is 4.54. The third kappa shape index (κ3) is 4.74. The number of nitrogens with zero attached hydrogens (tertiary/aromatic N) is 3. The molecule has 1 saturated heterocycles. The molecular formula is C25H29ClFN3OS. The summed E-state index contributed by atoms with van der Waals surface area (Å²) in [4.78, 5) is 9.90. The van der Waals surface area contributed by atoms with E-state index >= 15 is 0 Å². The number of halogens is 2. The number of rotatable bonds is 5. The van der Waals surface area contributed by atoms with E-state index in [9.17, 15) is 8.94 Å². The van der Waals surface area contributed by atoms with Crippen molar-refractivity contribution in [3.63, 3.8) is 0 Å². The molecule has 0 bridgehead atoms. The second-order valence-corrected chi connectivity index (χ2v) is 10.7. The van der Waals surface area contributed by atoms with Gasteiger partial charge in [-0.15, -0.1) is 0 Å². The lowest BCUT2D eigenvalue weighted by atomic mass is 9.95. The molecule has 170 valence electrons. The first-order chi connectivity index (χ1) is 15.2. The van der Waals surface area contributed by atoms with Crippen LogP contribution in [0.15, 0.2) is 41.4 Å². The third-order valence-corrected chi connectivity index (χ3v) is 7.59. The SMILES string of the molecule is Cc1c(F)cc(-c2ccc3ncc([S+](C)[O-])c(N4CCC(CN(C)C)CC4)c3c2)cc1Cl. The first kappa shape index (κ1) is 23.3.